The first kappa shape index (κ1) is 14.6. The zero-order valence-electron chi connectivity index (χ0n) is 11.8. The molecule has 0 spiro atoms. The van der Waals surface area contributed by atoms with Crippen LogP contribution in [0.4, 0.5) is 0 Å². The first-order chi connectivity index (χ1) is 7.61. The minimum Gasteiger partial charge on any atom is -0.299 e. The van der Waals surface area contributed by atoms with Crippen LogP contribution in [-0.2, 0) is 0 Å². The van der Waals surface area contributed by atoms with Crippen LogP contribution in [0.15, 0.2) is 0 Å². The van der Waals surface area contributed by atoms with Crippen LogP contribution < -0.4 is 0 Å². The molecule has 0 radical (unpaired) electrons. The lowest BCUT2D eigenvalue weighted by atomic mass is 10.2. The molecule has 1 saturated heterocycles. The minimum atomic E-state index is -0.274. The predicted octanol–water partition coefficient (Wildman–Crippen LogP) is 4.17. The van der Waals surface area contributed by atoms with Crippen LogP contribution in [-0.4, -0.2) is 37.7 Å². The highest BCUT2D eigenvalue weighted by Gasteiger charge is 2.20. The summed E-state index contributed by atoms with van der Waals surface area (Å²) in [6.45, 7) is 10.7. The Kier molecular flexibility index (Phi) is 7.05. The highest BCUT2D eigenvalue weighted by atomic mass is 27.2. The first-order valence-corrected chi connectivity index (χ1v) is 9.82. The van der Waals surface area contributed by atoms with E-state index < -0.39 is 0 Å². The second-order valence-electron chi connectivity index (χ2n) is 6.07. The maximum absolute atomic E-state index is 2.65. The van der Waals surface area contributed by atoms with E-state index in [1.165, 1.54) is 19.4 Å². The van der Waals surface area contributed by atoms with E-state index in [0.29, 0.717) is 12.1 Å². The van der Waals surface area contributed by atoms with Crippen LogP contribution in [0.25, 0.3) is 0 Å². The van der Waals surface area contributed by atoms with Crippen LogP contribution in [0, 0.1) is 0 Å². The molecule has 0 saturated carbocycles. The molecule has 0 N–H and O–H groups in total. The molecule has 0 aromatic carbocycles. The van der Waals surface area contributed by atoms with E-state index in [1.807, 2.05) is 0 Å². The van der Waals surface area contributed by atoms with Crippen molar-refractivity contribution < 1.29 is 0 Å². The molecule has 1 aliphatic rings. The molecule has 1 fully saturated rings. The molecule has 94 valence electrons. The molecule has 0 bridgehead atoms. The van der Waals surface area contributed by atoms with E-state index in [0.717, 1.165) is 0 Å². The van der Waals surface area contributed by atoms with Crippen molar-refractivity contribution in [1.82, 2.24) is 4.90 Å². The normalized spacial score (nSPS) is 17.8. The molecule has 0 unspecified atom stereocenters. The topological polar surface area (TPSA) is 3.24 Å². The molecule has 1 heterocycles. The average Bonchev–Trinajstić information content (AvgIpc) is 2.24. The summed E-state index contributed by atoms with van der Waals surface area (Å²) in [5, 5.41) is 4.89. The van der Waals surface area contributed by atoms with E-state index in [9.17, 15) is 0 Å². The van der Waals surface area contributed by atoms with Crippen molar-refractivity contribution in [3.8, 4) is 0 Å². The van der Waals surface area contributed by atoms with Gasteiger partial charge in [-0.2, -0.15) is 0 Å². The molecule has 16 heavy (non-hydrogen) atoms. The predicted molar refractivity (Wildman–Crippen MR) is 75.6 cm³/mol. The van der Waals surface area contributed by atoms with Crippen LogP contribution in [0.1, 0.15) is 53.4 Å². The van der Waals surface area contributed by atoms with Gasteiger partial charge in [-0.3, -0.25) is 4.90 Å². The van der Waals surface area contributed by atoms with Gasteiger partial charge in [0.2, 0.25) is 0 Å². The van der Waals surface area contributed by atoms with Crippen molar-refractivity contribution >= 4 is 14.1 Å². The largest absolute Gasteiger partial charge is 0.299 e. The van der Waals surface area contributed by atoms with Crippen LogP contribution >= 0.6 is 0 Å². The van der Waals surface area contributed by atoms with Crippen molar-refractivity contribution in [3.05, 3.63) is 0 Å². The molecule has 0 aliphatic carbocycles. The third kappa shape index (κ3) is 5.21. The van der Waals surface area contributed by atoms with Gasteiger partial charge in [-0.25, -0.2) is 0 Å². The van der Waals surface area contributed by atoms with Gasteiger partial charge in [-0.05, 0) is 34.2 Å². The molecule has 1 nitrogen and oxygen atoms in total. The molecule has 0 aromatic heterocycles. The van der Waals surface area contributed by atoms with E-state index in [2.05, 4.69) is 32.6 Å². The van der Waals surface area contributed by atoms with Gasteiger partial charge in [0, 0.05) is 12.1 Å². The van der Waals surface area contributed by atoms with E-state index in [1.54, 1.807) is 28.7 Å². The third-order valence-corrected chi connectivity index (χ3v) is 7.75. The second-order valence-corrected chi connectivity index (χ2v) is 9.54. The Labute approximate surface area is 107 Å². The third-order valence-electron chi connectivity index (χ3n) is 4.08. The maximum atomic E-state index is 2.65. The Balaban J connectivity index is 2.16. The lowest BCUT2D eigenvalue weighted by Gasteiger charge is -2.31. The Bertz CT molecular complexity index is 166. The summed E-state index contributed by atoms with van der Waals surface area (Å²) >= 11 is -0.274. The number of hydrogen-bond donors (Lipinski definition) is 0. The van der Waals surface area contributed by atoms with Gasteiger partial charge in [0.05, 0.1) is 0 Å². The Morgan fingerprint density at radius 3 is 2.00 bits per heavy atom. The molecular weight excluding hydrogens is 209 g/mol. The van der Waals surface area contributed by atoms with E-state index in [4.69, 9.17) is 0 Å². The lowest BCUT2D eigenvalue weighted by Crippen LogP contribution is -2.38. The fraction of sp³-hybridized carbons (Fsp3) is 1.00. The van der Waals surface area contributed by atoms with Gasteiger partial charge in [-0.1, -0.05) is 41.5 Å². The molecule has 0 aromatic rings. The monoisotopic (exact) mass is 239 g/mol. The lowest BCUT2D eigenvalue weighted by molar-refractivity contribution is 0.175. The zero-order chi connectivity index (χ0) is 12.0. The smallest absolute Gasteiger partial charge is 0.261 e. The fourth-order valence-corrected chi connectivity index (χ4v) is 6.51. The molecule has 0 amide bonds. The van der Waals surface area contributed by atoms with Crippen LogP contribution in [0.2, 0.25) is 15.8 Å². The summed E-state index contributed by atoms with van der Waals surface area (Å²) in [5.74, 6) is 0. The number of nitrogens with zero attached hydrogens (tertiary/aromatic N) is 1. The van der Waals surface area contributed by atoms with Crippen LogP contribution in [0.5, 0.6) is 0 Å². The van der Waals surface area contributed by atoms with Gasteiger partial charge in [0.25, 0.3) is 14.1 Å². The maximum Gasteiger partial charge on any atom is 0.261 e. The minimum absolute atomic E-state index is 0.274. The van der Waals surface area contributed by atoms with Crippen molar-refractivity contribution in [2.45, 2.75) is 81.3 Å². The number of rotatable bonds is 6. The van der Waals surface area contributed by atoms with Crippen molar-refractivity contribution in [3.63, 3.8) is 0 Å². The van der Waals surface area contributed by atoms with Gasteiger partial charge < -0.3 is 0 Å². The molecular formula is C14H30AlN. The number of hydrogen-bond acceptors (Lipinski definition) is 1. The fourth-order valence-electron chi connectivity index (χ4n) is 3.15. The standard InChI is InChI=1S/C9H20N.C5H10.Al/c1-6-7-10(8(2)3)9(4)5;1-3-5-4-2;/h8-9H,1,6-7H2,2-5H3;1-5H2;. The highest BCUT2D eigenvalue weighted by molar-refractivity contribution is 6.58. The van der Waals surface area contributed by atoms with Crippen LogP contribution in [0.3, 0.4) is 0 Å². The Hall–Kier alpha value is 0.492. The molecule has 0 atom stereocenters. The Morgan fingerprint density at radius 1 is 0.938 bits per heavy atom. The van der Waals surface area contributed by atoms with Crippen molar-refractivity contribution in [1.29, 1.82) is 0 Å². The quantitative estimate of drug-likeness (QED) is 0.629. The molecule has 1 aliphatic heterocycles. The van der Waals surface area contributed by atoms with Crippen molar-refractivity contribution in [2.75, 3.05) is 6.54 Å². The SMILES string of the molecule is CC(C)N(CC[CH2][Al]1[CH2]CCC[CH2]1)C(C)C. The highest BCUT2D eigenvalue weighted by Crippen LogP contribution is 2.22. The second kappa shape index (κ2) is 7.75. The summed E-state index contributed by atoms with van der Waals surface area (Å²) in [5.41, 5.74) is 0. The van der Waals surface area contributed by atoms with Crippen molar-refractivity contribution in [2.24, 2.45) is 0 Å². The first-order valence-electron chi connectivity index (χ1n) is 7.37. The van der Waals surface area contributed by atoms with E-state index in [-0.39, 0.29) is 14.1 Å². The zero-order valence-corrected chi connectivity index (χ0v) is 13.0. The summed E-state index contributed by atoms with van der Waals surface area (Å²) in [7, 11) is 0. The summed E-state index contributed by atoms with van der Waals surface area (Å²) < 4.78 is 0. The average molecular weight is 239 g/mol. The van der Waals surface area contributed by atoms with Gasteiger partial charge in [0.15, 0.2) is 0 Å². The summed E-state index contributed by atoms with van der Waals surface area (Å²) in [6.07, 6.45) is 6.09. The molecule has 1 rings (SSSR count). The molecule has 2 heteroatoms. The summed E-state index contributed by atoms with van der Waals surface area (Å²) in [6, 6.07) is 1.43. The summed E-state index contributed by atoms with van der Waals surface area (Å²) in [4.78, 5) is 2.65. The van der Waals surface area contributed by atoms with Gasteiger partial charge >= 0.3 is 0 Å². The Morgan fingerprint density at radius 2 is 1.50 bits per heavy atom. The van der Waals surface area contributed by atoms with E-state index >= 15 is 0 Å². The van der Waals surface area contributed by atoms with Gasteiger partial charge in [0.1, 0.15) is 0 Å². The van der Waals surface area contributed by atoms with Gasteiger partial charge in [-0.15, -0.1) is 0 Å².